The highest BCUT2D eigenvalue weighted by Crippen LogP contribution is 2.57. The van der Waals surface area contributed by atoms with Gasteiger partial charge in [-0.2, -0.15) is 5.10 Å². The molecule has 10 rings (SSSR count). The summed E-state index contributed by atoms with van der Waals surface area (Å²) in [7, 11) is -1.04. The van der Waals surface area contributed by atoms with Crippen LogP contribution in [0.2, 0.25) is 0 Å². The van der Waals surface area contributed by atoms with Crippen LogP contribution < -0.4 is 22.1 Å². The van der Waals surface area contributed by atoms with E-state index in [-0.39, 0.29) is 29.0 Å². The first-order chi connectivity index (χ1) is 32.5. The number of aromatic amines is 1. The van der Waals surface area contributed by atoms with Crippen LogP contribution in [0.1, 0.15) is 117 Å². The van der Waals surface area contributed by atoms with Gasteiger partial charge in [0.05, 0.1) is 23.1 Å². The summed E-state index contributed by atoms with van der Waals surface area (Å²) in [4.78, 5) is 47.6. The van der Waals surface area contributed by atoms with Crippen molar-refractivity contribution < 1.29 is 23.0 Å². The number of benzene rings is 3. The first-order valence-electron chi connectivity index (χ1n) is 23.7. The van der Waals surface area contributed by atoms with E-state index in [4.69, 9.17) is 14.4 Å². The SMILES string of the molecule is CNc1cc(-n2ccn(-c3c4c(nn3-c3cc(C)c(F)c(C)c3)CCN(C(=O)c3cc5cc(C6CCOCC6)ccc5n3[C@@]3(c5noc(=O)[nH]5)C[C@@H]3C)[C@H]4C)c2=O)ccc1P(=O)(C(C)C)C(C)C. The fourth-order valence-electron chi connectivity index (χ4n) is 11.3. The second-order valence-corrected chi connectivity index (χ2v) is 23.6. The van der Waals surface area contributed by atoms with Crippen molar-refractivity contribution in [3.63, 3.8) is 0 Å². The van der Waals surface area contributed by atoms with E-state index >= 15 is 9.18 Å². The average Bonchev–Trinajstić information content (AvgIpc) is 3.82. The molecule has 1 saturated carbocycles. The Hall–Kier alpha value is -6.25. The Bertz CT molecular complexity index is 3280. The first kappa shape index (κ1) is 45.5. The Labute approximate surface area is 393 Å². The molecule has 3 aliphatic rings. The molecule has 1 saturated heterocycles. The zero-order valence-corrected chi connectivity index (χ0v) is 41.0. The number of anilines is 1. The number of amides is 1. The van der Waals surface area contributed by atoms with Crippen molar-refractivity contribution in [2.24, 2.45) is 5.92 Å². The number of ether oxygens (including phenoxy) is 1. The van der Waals surface area contributed by atoms with Crippen molar-refractivity contribution in [3.05, 3.63) is 133 Å². The molecule has 4 aromatic heterocycles. The van der Waals surface area contributed by atoms with E-state index in [2.05, 4.69) is 40.6 Å². The van der Waals surface area contributed by atoms with E-state index in [0.29, 0.717) is 95.3 Å². The molecule has 3 atom stereocenters. The monoisotopic (exact) mass is 943 g/mol. The number of nitrogens with zero attached hydrogens (tertiary/aromatic N) is 7. The number of carbonyl (C=O) groups is 1. The third-order valence-corrected chi connectivity index (χ3v) is 19.3. The molecule has 7 aromatic rings. The molecule has 15 nitrogen and oxygen atoms in total. The lowest BCUT2D eigenvalue weighted by atomic mass is 9.91. The van der Waals surface area contributed by atoms with E-state index < -0.39 is 30.2 Å². The predicted molar refractivity (Wildman–Crippen MR) is 261 cm³/mol. The van der Waals surface area contributed by atoms with Gasteiger partial charge in [-0.1, -0.05) is 45.8 Å². The quantitative estimate of drug-likeness (QED) is 0.121. The Balaban J connectivity index is 1.11. The van der Waals surface area contributed by atoms with E-state index in [1.54, 1.807) is 59.2 Å². The van der Waals surface area contributed by atoms with Gasteiger partial charge in [0.15, 0.2) is 5.82 Å². The van der Waals surface area contributed by atoms with Crippen LogP contribution in [-0.4, -0.2) is 82.6 Å². The minimum atomic E-state index is -2.83. The maximum Gasteiger partial charge on any atom is 0.438 e. The Morgan fingerprint density at radius 1 is 0.941 bits per heavy atom. The Kier molecular flexibility index (Phi) is 11.2. The normalized spacial score (nSPS) is 19.9. The number of fused-ring (bicyclic) bond motifs is 2. The number of halogens is 1. The van der Waals surface area contributed by atoms with Gasteiger partial charge in [-0.05, 0) is 117 Å². The highest BCUT2D eigenvalue weighted by atomic mass is 31.2. The molecule has 0 bridgehead atoms. The largest absolute Gasteiger partial charge is 0.438 e. The molecule has 356 valence electrons. The van der Waals surface area contributed by atoms with Crippen LogP contribution >= 0.6 is 7.14 Å². The predicted octanol–water partition coefficient (Wildman–Crippen LogP) is 8.48. The summed E-state index contributed by atoms with van der Waals surface area (Å²) in [6.07, 6.45) is 6.22. The van der Waals surface area contributed by atoms with E-state index in [1.165, 1.54) is 5.56 Å². The fourth-order valence-corrected chi connectivity index (χ4v) is 14.4. The zero-order chi connectivity index (χ0) is 48.1. The molecule has 0 unspecified atom stereocenters. The summed E-state index contributed by atoms with van der Waals surface area (Å²) in [6, 6.07) is 16.7. The highest BCUT2D eigenvalue weighted by molar-refractivity contribution is 7.73. The number of hydrogen-bond donors (Lipinski definition) is 2. The van der Waals surface area contributed by atoms with E-state index in [0.717, 1.165) is 29.0 Å². The molecule has 2 aliphatic heterocycles. The zero-order valence-electron chi connectivity index (χ0n) is 40.1. The summed E-state index contributed by atoms with van der Waals surface area (Å²) >= 11 is 0. The lowest BCUT2D eigenvalue weighted by molar-refractivity contribution is 0.0663. The summed E-state index contributed by atoms with van der Waals surface area (Å²) < 4.78 is 47.3. The van der Waals surface area contributed by atoms with Crippen LogP contribution in [-0.2, 0) is 21.3 Å². The van der Waals surface area contributed by atoms with Crippen molar-refractivity contribution in [2.75, 3.05) is 32.1 Å². The number of aryl methyl sites for hydroxylation is 2. The van der Waals surface area contributed by atoms with Gasteiger partial charge in [-0.25, -0.2) is 18.7 Å². The summed E-state index contributed by atoms with van der Waals surface area (Å²) in [5.74, 6) is -0.0644. The lowest BCUT2D eigenvalue weighted by Gasteiger charge is -2.34. The molecular formula is C51H59FN9O6P. The molecule has 3 aromatic carbocycles. The molecule has 17 heteroatoms. The van der Waals surface area contributed by atoms with Gasteiger partial charge in [-0.15, -0.1) is 0 Å². The van der Waals surface area contributed by atoms with Crippen molar-refractivity contribution in [1.29, 1.82) is 0 Å². The number of hydrogen-bond acceptors (Lipinski definition) is 9. The molecule has 68 heavy (non-hydrogen) atoms. The van der Waals surface area contributed by atoms with E-state index in [1.807, 2.05) is 68.4 Å². The maximum atomic E-state index is 15.6. The van der Waals surface area contributed by atoms with Crippen molar-refractivity contribution in [3.8, 4) is 17.2 Å². The molecule has 2 fully saturated rings. The second kappa shape index (κ2) is 16.8. The summed E-state index contributed by atoms with van der Waals surface area (Å²) in [6.45, 7) is 17.1. The summed E-state index contributed by atoms with van der Waals surface area (Å²) in [5.41, 5.74) is 5.16. The molecule has 0 radical (unpaired) electrons. The van der Waals surface area contributed by atoms with Gasteiger partial charge >= 0.3 is 11.4 Å². The molecular weight excluding hydrogens is 885 g/mol. The standard InChI is InChI=1S/C51H59FN9O6P/c1-28(2)68(65,29(3)4)43-13-11-37(26-40(43)53-9)58-18-19-59(50(58)64)46-44-33(8)57(17-14-39(44)55-61(46)38-22-30(5)45(52)31(6)23-38)47(62)42-25-36-24-35(34-15-20-66-21-16-34)10-12-41(36)60(42)51(27-32(51)7)48-54-49(63)67-56-48/h10-13,18-19,22-26,28-29,32-34,53H,14-17,20-21,27H2,1-9H3,(H,54,56,63)/t32-,33-,51-/m0/s1. The van der Waals surface area contributed by atoms with Crippen molar-refractivity contribution >= 4 is 34.9 Å². The molecule has 2 N–H and O–H groups in total. The lowest BCUT2D eigenvalue weighted by Crippen LogP contribution is -2.41. The minimum Gasteiger partial charge on any atom is -0.387 e. The first-order valence-corrected chi connectivity index (χ1v) is 25.6. The molecule has 0 spiro atoms. The number of H-pyrrole nitrogens is 1. The third-order valence-electron chi connectivity index (χ3n) is 15.1. The van der Waals surface area contributed by atoms with Gasteiger partial charge in [0.25, 0.3) is 5.91 Å². The maximum absolute atomic E-state index is 15.6. The highest BCUT2D eigenvalue weighted by Gasteiger charge is 2.59. The van der Waals surface area contributed by atoms with Crippen LogP contribution in [0.4, 0.5) is 10.1 Å². The number of nitrogens with one attached hydrogen (secondary N) is 2. The van der Waals surface area contributed by atoms with Crippen LogP contribution in [0.15, 0.2) is 81.1 Å². The number of aromatic nitrogens is 7. The second-order valence-electron chi connectivity index (χ2n) is 19.6. The minimum absolute atomic E-state index is 0.0182. The topological polar surface area (TPSA) is 167 Å². The van der Waals surface area contributed by atoms with Gasteiger partial charge in [-0.3, -0.25) is 23.4 Å². The average molecular weight is 944 g/mol. The smallest absolute Gasteiger partial charge is 0.387 e. The van der Waals surface area contributed by atoms with Crippen molar-refractivity contribution in [1.82, 2.24) is 38.5 Å². The molecule has 1 aliphatic carbocycles. The van der Waals surface area contributed by atoms with Crippen LogP contribution in [0.25, 0.3) is 28.1 Å². The molecule has 1 amide bonds. The van der Waals surface area contributed by atoms with Crippen molar-refractivity contribution in [2.45, 2.75) is 110 Å². The van der Waals surface area contributed by atoms with Crippen LogP contribution in [0, 0.1) is 25.6 Å². The number of imidazole rings is 1. The number of rotatable bonds is 11. The van der Waals surface area contributed by atoms with Gasteiger partial charge in [0, 0.05) is 84.4 Å². The Morgan fingerprint density at radius 2 is 1.63 bits per heavy atom. The number of carbonyl (C=O) groups excluding carboxylic acids is 1. The van der Waals surface area contributed by atoms with Gasteiger partial charge in [0.1, 0.15) is 30.0 Å². The van der Waals surface area contributed by atoms with Crippen LogP contribution in [0.5, 0.6) is 0 Å². The Morgan fingerprint density at radius 3 is 2.26 bits per heavy atom. The van der Waals surface area contributed by atoms with Crippen LogP contribution in [0.3, 0.4) is 0 Å². The fraction of sp³-hybridized carbons (Fsp3) is 0.431. The van der Waals surface area contributed by atoms with Gasteiger partial charge < -0.3 is 24.1 Å². The summed E-state index contributed by atoms with van der Waals surface area (Å²) in [5, 5.41) is 14.2. The third kappa shape index (κ3) is 6.99. The van der Waals surface area contributed by atoms with E-state index in [9.17, 15) is 14.2 Å². The molecule has 6 heterocycles. The van der Waals surface area contributed by atoms with Gasteiger partial charge in [0.2, 0.25) is 0 Å².